The summed E-state index contributed by atoms with van der Waals surface area (Å²) in [6, 6.07) is 18.2. The minimum Gasteiger partial charge on any atom is -0.352 e. The van der Waals surface area contributed by atoms with Crippen molar-refractivity contribution in [2.45, 2.75) is 25.9 Å². The van der Waals surface area contributed by atoms with Gasteiger partial charge in [-0.1, -0.05) is 24.3 Å². The number of quaternary nitrogens is 1. The summed E-state index contributed by atoms with van der Waals surface area (Å²) >= 11 is 0. The second kappa shape index (κ2) is 9.83. The lowest BCUT2D eigenvalue weighted by Crippen LogP contribution is -3.12. The van der Waals surface area contributed by atoms with Gasteiger partial charge in [0.25, 0.3) is 0 Å². The predicted octanol–water partition coefficient (Wildman–Crippen LogP) is 2.17. The van der Waals surface area contributed by atoms with Crippen molar-refractivity contribution in [1.29, 1.82) is 0 Å². The predicted molar refractivity (Wildman–Crippen MR) is 126 cm³/mol. The number of benzene rings is 1. The lowest BCUT2D eigenvalue weighted by atomic mass is 9.96. The van der Waals surface area contributed by atoms with Gasteiger partial charge in [0.15, 0.2) is 0 Å². The number of likely N-dealkylation sites (tertiary alicyclic amines) is 1. The number of amides is 1. The van der Waals surface area contributed by atoms with Crippen LogP contribution in [0, 0.1) is 5.92 Å². The van der Waals surface area contributed by atoms with E-state index >= 15 is 0 Å². The van der Waals surface area contributed by atoms with E-state index in [1.807, 2.05) is 53.3 Å². The molecule has 7 heteroatoms. The maximum atomic E-state index is 12.8. The highest BCUT2D eigenvalue weighted by molar-refractivity contribution is 5.78. The summed E-state index contributed by atoms with van der Waals surface area (Å²) in [5, 5.41) is 7.82. The first kappa shape index (κ1) is 21.2. The van der Waals surface area contributed by atoms with Crippen molar-refractivity contribution in [2.75, 3.05) is 13.1 Å². The minimum absolute atomic E-state index is 0.0321. The van der Waals surface area contributed by atoms with Gasteiger partial charge in [-0.3, -0.25) is 9.78 Å². The van der Waals surface area contributed by atoms with E-state index in [2.05, 4.69) is 39.4 Å². The summed E-state index contributed by atoms with van der Waals surface area (Å²) in [4.78, 5) is 18.4. The van der Waals surface area contributed by atoms with Crippen molar-refractivity contribution >= 4 is 5.91 Å². The average molecular weight is 442 g/mol. The Hall–Kier alpha value is -3.71. The number of hydrogen-bond donors (Lipinski definition) is 2. The Morgan fingerprint density at radius 2 is 1.91 bits per heavy atom. The third-order valence-corrected chi connectivity index (χ3v) is 6.29. The van der Waals surface area contributed by atoms with Gasteiger partial charge in [-0.2, -0.15) is 5.10 Å². The molecule has 1 aromatic carbocycles. The first-order valence-electron chi connectivity index (χ1n) is 11.5. The van der Waals surface area contributed by atoms with Crippen molar-refractivity contribution in [2.24, 2.45) is 5.92 Å². The van der Waals surface area contributed by atoms with Crippen LogP contribution in [0.25, 0.3) is 11.5 Å². The number of nitrogens with one attached hydrogen (secondary N) is 2. The van der Waals surface area contributed by atoms with Crippen LogP contribution in [-0.2, 0) is 17.9 Å². The van der Waals surface area contributed by atoms with Crippen molar-refractivity contribution in [3.63, 3.8) is 0 Å². The van der Waals surface area contributed by atoms with Gasteiger partial charge in [-0.15, -0.1) is 0 Å². The zero-order valence-electron chi connectivity index (χ0n) is 18.6. The first-order valence-corrected chi connectivity index (χ1v) is 11.5. The zero-order chi connectivity index (χ0) is 22.5. The van der Waals surface area contributed by atoms with E-state index in [1.54, 1.807) is 12.4 Å². The molecule has 33 heavy (non-hydrogen) atoms. The van der Waals surface area contributed by atoms with Crippen molar-refractivity contribution in [1.82, 2.24) is 24.6 Å². The van der Waals surface area contributed by atoms with E-state index in [0.717, 1.165) is 49.5 Å². The highest BCUT2D eigenvalue weighted by Crippen LogP contribution is 2.19. The van der Waals surface area contributed by atoms with Crippen LogP contribution in [0.15, 0.2) is 85.6 Å². The van der Waals surface area contributed by atoms with E-state index in [-0.39, 0.29) is 11.8 Å². The highest BCUT2D eigenvalue weighted by Gasteiger charge is 2.30. The van der Waals surface area contributed by atoms with Crippen molar-refractivity contribution in [3.8, 4) is 11.5 Å². The van der Waals surface area contributed by atoms with E-state index < -0.39 is 0 Å². The third kappa shape index (κ3) is 4.88. The van der Waals surface area contributed by atoms with Gasteiger partial charge >= 0.3 is 0 Å². The molecule has 1 amide bonds. The molecule has 4 aromatic rings. The second-order valence-electron chi connectivity index (χ2n) is 8.63. The Balaban J connectivity index is 1.30. The molecular formula is C26H29N6O+. The topological polar surface area (TPSA) is 69.2 Å². The molecule has 4 heterocycles. The third-order valence-electron chi connectivity index (χ3n) is 6.29. The quantitative estimate of drug-likeness (QED) is 0.462. The van der Waals surface area contributed by atoms with E-state index in [4.69, 9.17) is 5.10 Å². The molecule has 3 aromatic heterocycles. The molecular weight excluding hydrogens is 412 g/mol. The molecule has 0 saturated carbocycles. The van der Waals surface area contributed by atoms with Crippen LogP contribution in [0.5, 0.6) is 0 Å². The minimum atomic E-state index is 0.0321. The Morgan fingerprint density at radius 3 is 2.70 bits per heavy atom. The van der Waals surface area contributed by atoms with Crippen molar-refractivity contribution in [3.05, 3.63) is 96.7 Å². The molecule has 0 spiro atoms. The molecule has 7 nitrogen and oxygen atoms in total. The number of pyridine rings is 1. The summed E-state index contributed by atoms with van der Waals surface area (Å²) in [5.41, 5.74) is 3.24. The average Bonchev–Trinajstić information content (AvgIpc) is 3.54. The molecule has 1 fully saturated rings. The van der Waals surface area contributed by atoms with Crippen LogP contribution >= 0.6 is 0 Å². The van der Waals surface area contributed by atoms with Crippen LogP contribution in [0.4, 0.5) is 0 Å². The smallest absolute Gasteiger partial charge is 0.229 e. The SMILES string of the molecule is O=C(NCc1cccnc1)C1CCC[NH+](Cc2cnn(-c3ccccc3)c2-n2cccc2)C1. The van der Waals surface area contributed by atoms with Crippen LogP contribution < -0.4 is 10.2 Å². The molecule has 2 atom stereocenters. The Bertz CT molecular complexity index is 1170. The lowest BCUT2D eigenvalue weighted by Gasteiger charge is -2.29. The summed E-state index contributed by atoms with van der Waals surface area (Å²) in [6.07, 6.45) is 11.6. The molecule has 1 aliphatic heterocycles. The summed E-state index contributed by atoms with van der Waals surface area (Å²) in [6.45, 7) is 3.27. The van der Waals surface area contributed by atoms with E-state index in [0.29, 0.717) is 6.54 Å². The van der Waals surface area contributed by atoms with Gasteiger partial charge in [0.1, 0.15) is 12.4 Å². The van der Waals surface area contributed by atoms with Gasteiger partial charge in [0.2, 0.25) is 5.91 Å². The summed E-state index contributed by atoms with van der Waals surface area (Å²) < 4.78 is 4.12. The fourth-order valence-electron chi connectivity index (χ4n) is 4.65. The normalized spacial score (nSPS) is 18.2. The van der Waals surface area contributed by atoms with Gasteiger partial charge in [-0.25, -0.2) is 4.68 Å². The number of hydrogen-bond acceptors (Lipinski definition) is 3. The number of rotatable bonds is 7. The number of aromatic nitrogens is 4. The maximum absolute atomic E-state index is 12.8. The zero-order valence-corrected chi connectivity index (χ0v) is 18.6. The molecule has 0 aliphatic carbocycles. The first-order chi connectivity index (χ1) is 16.3. The lowest BCUT2D eigenvalue weighted by molar-refractivity contribution is -0.921. The van der Waals surface area contributed by atoms with Crippen LogP contribution in [0.2, 0.25) is 0 Å². The number of carbonyl (C=O) groups is 1. The maximum Gasteiger partial charge on any atom is 0.229 e. The highest BCUT2D eigenvalue weighted by atomic mass is 16.1. The van der Waals surface area contributed by atoms with Gasteiger partial charge < -0.3 is 14.8 Å². The largest absolute Gasteiger partial charge is 0.352 e. The van der Waals surface area contributed by atoms with Crippen LogP contribution in [-0.4, -0.2) is 38.3 Å². The van der Waals surface area contributed by atoms with Crippen molar-refractivity contribution < 1.29 is 9.69 Å². The number of para-hydroxylation sites is 1. The van der Waals surface area contributed by atoms with E-state index in [1.165, 1.54) is 10.5 Å². The molecule has 1 aliphatic rings. The van der Waals surface area contributed by atoms with Gasteiger partial charge in [0, 0.05) is 31.3 Å². The van der Waals surface area contributed by atoms with Gasteiger partial charge in [-0.05, 0) is 48.7 Å². The standard InChI is InChI=1S/C26H28N6O/c33-25(28-17-21-8-6-12-27-16-21)22-9-7-13-30(19-22)20-23-18-29-32(24-10-2-1-3-11-24)26(23)31-14-4-5-15-31/h1-6,8,10-12,14-16,18,22H,7,9,13,17,19-20H2,(H,28,33)/p+1. The fraction of sp³-hybridized carbons (Fsp3) is 0.269. The number of piperidine rings is 1. The molecule has 1 saturated heterocycles. The Morgan fingerprint density at radius 1 is 1.06 bits per heavy atom. The molecule has 0 radical (unpaired) electrons. The molecule has 2 unspecified atom stereocenters. The van der Waals surface area contributed by atoms with E-state index in [9.17, 15) is 4.79 Å². The number of carbonyl (C=O) groups excluding carboxylic acids is 1. The van der Waals surface area contributed by atoms with Crippen LogP contribution in [0.1, 0.15) is 24.0 Å². The molecule has 168 valence electrons. The second-order valence-corrected chi connectivity index (χ2v) is 8.63. The summed E-state index contributed by atoms with van der Waals surface area (Å²) in [7, 11) is 0. The molecule has 0 bridgehead atoms. The Kier molecular flexibility index (Phi) is 6.30. The Labute approximate surface area is 193 Å². The fourth-order valence-corrected chi connectivity index (χ4v) is 4.65. The molecule has 5 rings (SSSR count). The van der Waals surface area contributed by atoms with Gasteiger partial charge in [0.05, 0.1) is 36.5 Å². The monoisotopic (exact) mass is 441 g/mol. The number of nitrogens with zero attached hydrogens (tertiary/aromatic N) is 4. The molecule has 2 N–H and O–H groups in total. The van der Waals surface area contributed by atoms with Crippen LogP contribution in [0.3, 0.4) is 0 Å². The summed E-state index contributed by atoms with van der Waals surface area (Å²) in [5.74, 6) is 1.23.